The SMILES string of the molecule is Cc1ccc(CC(NC(=O)NCCC(C)O)c2ccccn2)cc1. The highest BCUT2D eigenvalue weighted by atomic mass is 16.3. The molecular formula is C19H25N3O2. The second-order valence-electron chi connectivity index (χ2n) is 6.03. The van der Waals surface area contributed by atoms with Gasteiger partial charge < -0.3 is 15.7 Å². The highest BCUT2D eigenvalue weighted by Crippen LogP contribution is 2.17. The van der Waals surface area contributed by atoms with E-state index in [4.69, 9.17) is 0 Å². The summed E-state index contributed by atoms with van der Waals surface area (Å²) in [6.07, 6.45) is 2.50. The van der Waals surface area contributed by atoms with E-state index in [1.165, 1.54) is 5.56 Å². The average molecular weight is 327 g/mol. The first-order valence-corrected chi connectivity index (χ1v) is 8.23. The van der Waals surface area contributed by atoms with Gasteiger partial charge in [0.15, 0.2) is 0 Å². The zero-order valence-corrected chi connectivity index (χ0v) is 14.2. The number of aliphatic hydroxyl groups excluding tert-OH is 1. The summed E-state index contributed by atoms with van der Waals surface area (Å²) >= 11 is 0. The molecule has 0 saturated heterocycles. The number of hydrogen-bond acceptors (Lipinski definition) is 3. The van der Waals surface area contributed by atoms with Crippen molar-refractivity contribution in [2.45, 2.75) is 38.8 Å². The summed E-state index contributed by atoms with van der Waals surface area (Å²) < 4.78 is 0. The van der Waals surface area contributed by atoms with Gasteiger partial charge in [-0.3, -0.25) is 4.98 Å². The van der Waals surface area contributed by atoms with Crippen LogP contribution in [0.15, 0.2) is 48.7 Å². The van der Waals surface area contributed by atoms with Crippen LogP contribution in [-0.2, 0) is 6.42 Å². The smallest absolute Gasteiger partial charge is 0.315 e. The monoisotopic (exact) mass is 327 g/mol. The van der Waals surface area contributed by atoms with Gasteiger partial charge in [0.05, 0.1) is 17.8 Å². The number of carbonyl (C=O) groups is 1. The first-order chi connectivity index (χ1) is 11.5. The number of pyridine rings is 1. The van der Waals surface area contributed by atoms with E-state index >= 15 is 0 Å². The molecule has 0 aliphatic heterocycles. The molecule has 5 nitrogen and oxygen atoms in total. The number of nitrogens with one attached hydrogen (secondary N) is 2. The van der Waals surface area contributed by atoms with E-state index in [1.807, 2.05) is 25.1 Å². The van der Waals surface area contributed by atoms with Crippen molar-refractivity contribution in [2.75, 3.05) is 6.54 Å². The zero-order chi connectivity index (χ0) is 17.4. The number of hydrogen-bond donors (Lipinski definition) is 3. The molecule has 0 aliphatic rings. The maximum atomic E-state index is 12.1. The molecule has 2 atom stereocenters. The van der Waals surface area contributed by atoms with E-state index in [9.17, 15) is 9.90 Å². The lowest BCUT2D eigenvalue weighted by molar-refractivity contribution is 0.183. The van der Waals surface area contributed by atoms with Gasteiger partial charge in [0, 0.05) is 12.7 Å². The third-order valence-corrected chi connectivity index (χ3v) is 3.76. The number of carbonyl (C=O) groups excluding carboxylic acids is 1. The summed E-state index contributed by atoms with van der Waals surface area (Å²) in [5.74, 6) is 0. The van der Waals surface area contributed by atoms with Crippen LogP contribution in [0.4, 0.5) is 4.79 Å². The minimum absolute atomic E-state index is 0.208. The van der Waals surface area contributed by atoms with E-state index in [2.05, 4.69) is 39.9 Å². The van der Waals surface area contributed by atoms with Gasteiger partial charge in [-0.25, -0.2) is 4.79 Å². The Morgan fingerprint density at radius 3 is 2.58 bits per heavy atom. The van der Waals surface area contributed by atoms with Gasteiger partial charge in [0.25, 0.3) is 0 Å². The highest BCUT2D eigenvalue weighted by molar-refractivity contribution is 5.74. The Kier molecular flexibility index (Phi) is 6.75. The molecule has 0 spiro atoms. The number of aliphatic hydroxyl groups is 1. The van der Waals surface area contributed by atoms with Crippen molar-refractivity contribution >= 4 is 6.03 Å². The van der Waals surface area contributed by atoms with Gasteiger partial charge in [0.2, 0.25) is 0 Å². The van der Waals surface area contributed by atoms with E-state index in [1.54, 1.807) is 13.1 Å². The quantitative estimate of drug-likeness (QED) is 0.732. The van der Waals surface area contributed by atoms with Gasteiger partial charge in [-0.1, -0.05) is 35.9 Å². The lowest BCUT2D eigenvalue weighted by Crippen LogP contribution is -2.40. The Labute approximate surface area is 143 Å². The first-order valence-electron chi connectivity index (χ1n) is 8.23. The van der Waals surface area contributed by atoms with Crippen LogP contribution >= 0.6 is 0 Å². The second-order valence-corrected chi connectivity index (χ2v) is 6.03. The molecule has 0 fully saturated rings. The number of nitrogens with zero attached hydrogens (tertiary/aromatic N) is 1. The standard InChI is InChI=1S/C19H25N3O2/c1-14-6-8-16(9-7-14)13-18(17-5-3-4-11-20-17)22-19(24)21-12-10-15(2)23/h3-9,11,15,18,23H,10,12-13H2,1-2H3,(H2,21,22,24). The van der Waals surface area contributed by atoms with Gasteiger partial charge in [0.1, 0.15) is 0 Å². The summed E-state index contributed by atoms with van der Waals surface area (Å²) in [5, 5.41) is 15.0. The first kappa shape index (κ1) is 17.9. The molecule has 5 heteroatoms. The van der Waals surface area contributed by atoms with Crippen molar-refractivity contribution in [3.63, 3.8) is 0 Å². The van der Waals surface area contributed by atoms with Crippen molar-refractivity contribution in [1.82, 2.24) is 15.6 Å². The molecule has 0 bridgehead atoms. The lowest BCUT2D eigenvalue weighted by Gasteiger charge is -2.19. The van der Waals surface area contributed by atoms with Gasteiger partial charge in [-0.05, 0) is 44.4 Å². The number of amides is 2. The van der Waals surface area contributed by atoms with Crippen molar-refractivity contribution in [2.24, 2.45) is 0 Å². The molecule has 1 aromatic carbocycles. The predicted molar refractivity (Wildman–Crippen MR) is 94.7 cm³/mol. The molecule has 2 amide bonds. The Bertz CT molecular complexity index is 627. The maximum absolute atomic E-state index is 12.1. The van der Waals surface area contributed by atoms with Crippen LogP contribution in [-0.4, -0.2) is 28.8 Å². The number of urea groups is 1. The van der Waals surface area contributed by atoms with Crippen molar-refractivity contribution in [3.8, 4) is 0 Å². The summed E-state index contributed by atoms with van der Waals surface area (Å²) in [6.45, 7) is 4.19. The Morgan fingerprint density at radius 2 is 1.96 bits per heavy atom. The highest BCUT2D eigenvalue weighted by Gasteiger charge is 2.16. The van der Waals surface area contributed by atoms with Crippen LogP contribution in [0.3, 0.4) is 0 Å². The summed E-state index contributed by atoms with van der Waals surface area (Å²) in [5.41, 5.74) is 3.17. The normalized spacial score (nSPS) is 13.1. The fourth-order valence-corrected chi connectivity index (χ4v) is 2.38. The molecule has 3 N–H and O–H groups in total. The second kappa shape index (κ2) is 9.03. The zero-order valence-electron chi connectivity index (χ0n) is 14.2. The van der Waals surface area contributed by atoms with Crippen LogP contribution in [0.25, 0.3) is 0 Å². The van der Waals surface area contributed by atoms with Gasteiger partial charge in [-0.2, -0.15) is 0 Å². The Morgan fingerprint density at radius 1 is 1.21 bits per heavy atom. The maximum Gasteiger partial charge on any atom is 0.315 e. The third kappa shape index (κ3) is 6.01. The molecule has 1 heterocycles. The number of rotatable bonds is 7. The van der Waals surface area contributed by atoms with Crippen molar-refractivity contribution < 1.29 is 9.90 Å². The molecule has 1 aromatic heterocycles. The van der Waals surface area contributed by atoms with Gasteiger partial charge >= 0.3 is 6.03 Å². The third-order valence-electron chi connectivity index (χ3n) is 3.76. The minimum Gasteiger partial charge on any atom is -0.393 e. The summed E-state index contributed by atoms with van der Waals surface area (Å²) in [7, 11) is 0. The molecule has 2 aromatic rings. The van der Waals surface area contributed by atoms with Crippen LogP contribution in [0, 0.1) is 6.92 Å². The Balaban J connectivity index is 2.03. The molecular weight excluding hydrogens is 302 g/mol. The average Bonchev–Trinajstić information content (AvgIpc) is 2.57. The molecule has 0 aliphatic carbocycles. The molecule has 2 unspecified atom stereocenters. The van der Waals surface area contributed by atoms with Crippen molar-refractivity contribution in [3.05, 3.63) is 65.5 Å². The molecule has 128 valence electrons. The van der Waals surface area contributed by atoms with Gasteiger partial charge in [-0.15, -0.1) is 0 Å². The predicted octanol–water partition coefficient (Wildman–Crippen LogP) is 2.74. The van der Waals surface area contributed by atoms with E-state index < -0.39 is 6.10 Å². The van der Waals surface area contributed by atoms with E-state index in [0.717, 1.165) is 11.3 Å². The largest absolute Gasteiger partial charge is 0.393 e. The van der Waals surface area contributed by atoms with Crippen LogP contribution in [0.5, 0.6) is 0 Å². The number of benzene rings is 1. The van der Waals surface area contributed by atoms with E-state index in [0.29, 0.717) is 19.4 Å². The lowest BCUT2D eigenvalue weighted by atomic mass is 10.0. The molecule has 0 saturated carbocycles. The minimum atomic E-state index is -0.426. The fourth-order valence-electron chi connectivity index (χ4n) is 2.38. The summed E-state index contributed by atoms with van der Waals surface area (Å²) in [6, 6.07) is 13.5. The Hall–Kier alpha value is -2.40. The number of aryl methyl sites for hydroxylation is 1. The topological polar surface area (TPSA) is 74.2 Å². The summed E-state index contributed by atoms with van der Waals surface area (Å²) in [4.78, 5) is 16.5. The fraction of sp³-hybridized carbons (Fsp3) is 0.368. The molecule has 2 rings (SSSR count). The number of aromatic nitrogens is 1. The van der Waals surface area contributed by atoms with Crippen LogP contribution < -0.4 is 10.6 Å². The van der Waals surface area contributed by atoms with Crippen molar-refractivity contribution in [1.29, 1.82) is 0 Å². The van der Waals surface area contributed by atoms with Crippen LogP contribution in [0.1, 0.15) is 36.2 Å². The van der Waals surface area contributed by atoms with E-state index in [-0.39, 0.29) is 12.1 Å². The van der Waals surface area contributed by atoms with Crippen LogP contribution in [0.2, 0.25) is 0 Å². The molecule has 24 heavy (non-hydrogen) atoms. The molecule has 0 radical (unpaired) electrons.